The van der Waals surface area contributed by atoms with Crippen molar-refractivity contribution in [2.24, 2.45) is 0 Å². The van der Waals surface area contributed by atoms with Crippen molar-refractivity contribution in [1.82, 2.24) is 10.3 Å². The molecule has 0 bridgehead atoms. The van der Waals surface area contributed by atoms with E-state index in [4.69, 9.17) is 11.6 Å². The van der Waals surface area contributed by atoms with E-state index in [2.05, 4.69) is 45.3 Å². The third kappa shape index (κ3) is 3.54. The van der Waals surface area contributed by atoms with Crippen molar-refractivity contribution in [2.75, 3.05) is 0 Å². The molecule has 2 aromatic rings. The maximum absolute atomic E-state index is 6.00. The van der Waals surface area contributed by atoms with Gasteiger partial charge in [0.15, 0.2) is 0 Å². The summed E-state index contributed by atoms with van der Waals surface area (Å²) in [6.45, 7) is 3.75. The molecular formula is C13H14BrClN2S. The zero-order valence-corrected chi connectivity index (χ0v) is 13.2. The van der Waals surface area contributed by atoms with Gasteiger partial charge in [0.25, 0.3) is 0 Å². The first-order valence-corrected chi connectivity index (χ1v) is 7.76. The Morgan fingerprint density at radius 3 is 2.94 bits per heavy atom. The SMILES string of the molecule is CCc1cccnc1CNCc1cc(Br)c(Cl)s1. The highest BCUT2D eigenvalue weighted by molar-refractivity contribution is 9.10. The monoisotopic (exact) mass is 344 g/mol. The summed E-state index contributed by atoms with van der Waals surface area (Å²) in [5, 5.41) is 3.40. The average molecular weight is 346 g/mol. The Balaban J connectivity index is 1.92. The highest BCUT2D eigenvalue weighted by Crippen LogP contribution is 2.31. The molecule has 2 aromatic heterocycles. The quantitative estimate of drug-likeness (QED) is 0.868. The van der Waals surface area contributed by atoms with E-state index >= 15 is 0 Å². The van der Waals surface area contributed by atoms with Crippen LogP contribution < -0.4 is 5.32 Å². The van der Waals surface area contributed by atoms with E-state index in [0.717, 1.165) is 34.0 Å². The van der Waals surface area contributed by atoms with Crippen LogP contribution in [0.25, 0.3) is 0 Å². The Morgan fingerprint density at radius 1 is 1.44 bits per heavy atom. The topological polar surface area (TPSA) is 24.9 Å². The molecule has 0 aliphatic heterocycles. The van der Waals surface area contributed by atoms with E-state index in [1.54, 1.807) is 11.3 Å². The Morgan fingerprint density at radius 2 is 2.28 bits per heavy atom. The fourth-order valence-corrected chi connectivity index (χ4v) is 3.50. The molecule has 0 spiro atoms. The van der Waals surface area contributed by atoms with E-state index in [0.29, 0.717) is 0 Å². The number of nitrogens with zero attached hydrogens (tertiary/aromatic N) is 1. The van der Waals surface area contributed by atoms with Crippen molar-refractivity contribution < 1.29 is 0 Å². The molecule has 0 amide bonds. The molecule has 0 radical (unpaired) electrons. The number of aryl methyl sites for hydroxylation is 1. The highest BCUT2D eigenvalue weighted by Gasteiger charge is 2.05. The van der Waals surface area contributed by atoms with E-state index in [1.807, 2.05) is 12.3 Å². The number of rotatable bonds is 5. The first kappa shape index (κ1) is 14.0. The predicted molar refractivity (Wildman–Crippen MR) is 81.2 cm³/mol. The van der Waals surface area contributed by atoms with Crippen LogP contribution in [0.3, 0.4) is 0 Å². The van der Waals surface area contributed by atoms with Crippen LogP contribution >= 0.6 is 38.9 Å². The van der Waals surface area contributed by atoms with E-state index in [-0.39, 0.29) is 0 Å². The van der Waals surface area contributed by atoms with Crippen LogP contribution in [0.5, 0.6) is 0 Å². The van der Waals surface area contributed by atoms with Gasteiger partial charge in [-0.3, -0.25) is 4.98 Å². The molecule has 2 heterocycles. The van der Waals surface area contributed by atoms with Gasteiger partial charge in [-0.05, 0) is 40.0 Å². The van der Waals surface area contributed by atoms with Gasteiger partial charge in [0.2, 0.25) is 0 Å². The third-order valence-corrected chi connectivity index (χ3v) is 5.13. The minimum absolute atomic E-state index is 0.789. The minimum Gasteiger partial charge on any atom is -0.306 e. The fourth-order valence-electron chi connectivity index (χ4n) is 1.73. The molecule has 0 aliphatic carbocycles. The fraction of sp³-hybridized carbons (Fsp3) is 0.308. The summed E-state index contributed by atoms with van der Waals surface area (Å²) in [6, 6.07) is 6.17. The van der Waals surface area contributed by atoms with Crippen LogP contribution in [0, 0.1) is 0 Å². The number of hydrogen-bond donors (Lipinski definition) is 1. The van der Waals surface area contributed by atoms with Gasteiger partial charge in [-0.1, -0.05) is 24.6 Å². The zero-order valence-electron chi connectivity index (χ0n) is 10.0. The van der Waals surface area contributed by atoms with Gasteiger partial charge in [0.1, 0.15) is 4.34 Å². The van der Waals surface area contributed by atoms with Crippen LogP contribution in [-0.2, 0) is 19.5 Å². The number of aromatic nitrogens is 1. The van der Waals surface area contributed by atoms with Crippen molar-refractivity contribution in [2.45, 2.75) is 26.4 Å². The largest absolute Gasteiger partial charge is 0.306 e. The maximum atomic E-state index is 6.00. The molecule has 0 fully saturated rings. The molecule has 18 heavy (non-hydrogen) atoms. The van der Waals surface area contributed by atoms with Gasteiger partial charge in [-0.15, -0.1) is 11.3 Å². The van der Waals surface area contributed by atoms with Crippen molar-refractivity contribution in [1.29, 1.82) is 0 Å². The lowest BCUT2D eigenvalue weighted by Crippen LogP contribution is -2.14. The molecule has 0 aromatic carbocycles. The lowest BCUT2D eigenvalue weighted by Gasteiger charge is -2.07. The molecule has 0 unspecified atom stereocenters. The number of hydrogen-bond acceptors (Lipinski definition) is 3. The van der Waals surface area contributed by atoms with Crippen LogP contribution in [-0.4, -0.2) is 4.98 Å². The molecule has 2 rings (SSSR count). The molecule has 0 atom stereocenters. The molecule has 96 valence electrons. The van der Waals surface area contributed by atoms with Crippen molar-refractivity contribution in [3.63, 3.8) is 0 Å². The van der Waals surface area contributed by atoms with E-state index in [1.165, 1.54) is 10.4 Å². The molecule has 0 saturated heterocycles. The molecule has 0 saturated carbocycles. The number of halogens is 2. The minimum atomic E-state index is 0.789. The number of nitrogens with one attached hydrogen (secondary N) is 1. The average Bonchev–Trinajstić information content (AvgIpc) is 2.69. The second kappa shape index (κ2) is 6.66. The standard InChI is InChI=1S/C13H14BrClN2S/c1-2-9-4-3-5-17-12(9)8-16-7-10-6-11(14)13(15)18-10/h3-6,16H,2,7-8H2,1H3. The lowest BCUT2D eigenvalue weighted by molar-refractivity contribution is 0.680. The summed E-state index contributed by atoms with van der Waals surface area (Å²) >= 11 is 11.0. The Hall–Kier alpha value is -0.420. The molecule has 0 aliphatic rings. The summed E-state index contributed by atoms with van der Waals surface area (Å²) < 4.78 is 1.77. The van der Waals surface area contributed by atoms with Crippen molar-refractivity contribution >= 4 is 38.9 Å². The molecule has 1 N–H and O–H groups in total. The molecular weight excluding hydrogens is 332 g/mol. The van der Waals surface area contributed by atoms with E-state index in [9.17, 15) is 0 Å². The van der Waals surface area contributed by atoms with Crippen LogP contribution in [0.1, 0.15) is 23.1 Å². The maximum Gasteiger partial charge on any atom is 0.107 e. The second-order valence-electron chi connectivity index (χ2n) is 3.90. The summed E-state index contributed by atoms with van der Waals surface area (Å²) in [5.74, 6) is 0. The number of thiophene rings is 1. The Kier molecular flexibility index (Phi) is 5.18. The Bertz CT molecular complexity index is 508. The van der Waals surface area contributed by atoms with Crippen molar-refractivity contribution in [3.05, 3.63) is 49.3 Å². The highest BCUT2D eigenvalue weighted by atomic mass is 79.9. The predicted octanol–water partition coefficient (Wildman–Crippen LogP) is 4.41. The Labute approximate surface area is 125 Å². The van der Waals surface area contributed by atoms with Gasteiger partial charge in [0, 0.05) is 28.6 Å². The van der Waals surface area contributed by atoms with Crippen LogP contribution in [0.4, 0.5) is 0 Å². The lowest BCUT2D eigenvalue weighted by atomic mass is 10.1. The summed E-state index contributed by atoms with van der Waals surface area (Å²) in [7, 11) is 0. The van der Waals surface area contributed by atoms with Crippen molar-refractivity contribution in [3.8, 4) is 0 Å². The van der Waals surface area contributed by atoms with Gasteiger partial charge in [0.05, 0.1) is 5.69 Å². The second-order valence-corrected chi connectivity index (χ2v) is 6.49. The number of pyridine rings is 1. The normalized spacial score (nSPS) is 10.8. The van der Waals surface area contributed by atoms with Gasteiger partial charge >= 0.3 is 0 Å². The first-order chi connectivity index (χ1) is 8.70. The third-order valence-electron chi connectivity index (χ3n) is 2.65. The van der Waals surface area contributed by atoms with Crippen LogP contribution in [0.15, 0.2) is 28.9 Å². The smallest absolute Gasteiger partial charge is 0.107 e. The summed E-state index contributed by atoms with van der Waals surface area (Å²) in [4.78, 5) is 5.63. The van der Waals surface area contributed by atoms with Crippen LogP contribution in [0.2, 0.25) is 4.34 Å². The summed E-state index contributed by atoms with van der Waals surface area (Å²) in [6.07, 6.45) is 2.86. The van der Waals surface area contributed by atoms with Gasteiger partial charge in [-0.25, -0.2) is 0 Å². The molecule has 5 heteroatoms. The first-order valence-electron chi connectivity index (χ1n) is 5.78. The molecule has 2 nitrogen and oxygen atoms in total. The van der Waals surface area contributed by atoms with Gasteiger partial charge < -0.3 is 5.32 Å². The zero-order chi connectivity index (χ0) is 13.0. The summed E-state index contributed by atoms with van der Waals surface area (Å²) in [5.41, 5.74) is 2.43. The van der Waals surface area contributed by atoms with E-state index < -0.39 is 0 Å². The van der Waals surface area contributed by atoms with Gasteiger partial charge in [-0.2, -0.15) is 0 Å².